The summed E-state index contributed by atoms with van der Waals surface area (Å²) in [4.78, 5) is 20.4. The number of aromatic amines is 1. The van der Waals surface area contributed by atoms with Gasteiger partial charge in [-0.15, -0.1) is 10.2 Å². The molecule has 1 aliphatic carbocycles. The van der Waals surface area contributed by atoms with Gasteiger partial charge in [0.05, 0.1) is 5.25 Å². The molecule has 28 heavy (non-hydrogen) atoms. The van der Waals surface area contributed by atoms with E-state index in [4.69, 9.17) is 0 Å². The first-order chi connectivity index (χ1) is 13.7. The van der Waals surface area contributed by atoms with Crippen LogP contribution in [-0.2, 0) is 0 Å². The van der Waals surface area contributed by atoms with Gasteiger partial charge in [0.1, 0.15) is 0 Å². The van der Waals surface area contributed by atoms with Gasteiger partial charge in [-0.05, 0) is 38.0 Å². The minimum Gasteiger partial charge on any atom is -0.360 e. The zero-order chi connectivity index (χ0) is 19.1. The molecule has 0 saturated heterocycles. The van der Waals surface area contributed by atoms with Crippen molar-refractivity contribution in [1.82, 2.24) is 24.7 Å². The molecular weight excluding hydrogens is 370 g/mol. The molecule has 3 aromatic heterocycles. The molecule has 0 bridgehead atoms. The molecule has 0 unspecified atom stereocenters. The van der Waals surface area contributed by atoms with E-state index in [9.17, 15) is 4.79 Å². The van der Waals surface area contributed by atoms with Crippen molar-refractivity contribution in [3.05, 3.63) is 60.6 Å². The number of Topliss-reactive ketones (excluding diaryl/α,β-unsaturated/α-hetero) is 1. The van der Waals surface area contributed by atoms with Crippen LogP contribution in [0.4, 0.5) is 0 Å². The van der Waals surface area contributed by atoms with Crippen molar-refractivity contribution in [3.63, 3.8) is 0 Å². The number of nitrogens with zero attached hydrogens (tertiary/aromatic N) is 4. The van der Waals surface area contributed by atoms with Gasteiger partial charge in [-0.1, -0.05) is 30.0 Å². The molecule has 140 valence electrons. The summed E-state index contributed by atoms with van der Waals surface area (Å²) >= 11 is 1.48. The highest BCUT2D eigenvalue weighted by atomic mass is 32.2. The first-order valence-corrected chi connectivity index (χ1v) is 10.2. The summed E-state index contributed by atoms with van der Waals surface area (Å²) in [6.07, 6.45) is 7.56. The summed E-state index contributed by atoms with van der Waals surface area (Å²) in [5, 5.41) is 10.3. The van der Waals surface area contributed by atoms with Crippen LogP contribution in [0.2, 0.25) is 0 Å². The summed E-state index contributed by atoms with van der Waals surface area (Å²) in [6.45, 7) is 1.94. The third-order valence-electron chi connectivity index (χ3n) is 5.02. The third kappa shape index (κ3) is 3.01. The van der Waals surface area contributed by atoms with Gasteiger partial charge in [-0.3, -0.25) is 14.3 Å². The Hall–Kier alpha value is -2.93. The number of hydrogen-bond acceptors (Lipinski definition) is 5. The van der Waals surface area contributed by atoms with Crippen LogP contribution in [0.15, 0.2) is 60.1 Å². The van der Waals surface area contributed by atoms with Crippen molar-refractivity contribution in [3.8, 4) is 11.4 Å². The maximum absolute atomic E-state index is 13.1. The number of thioether (sulfide) groups is 1. The third-order valence-corrected chi connectivity index (χ3v) is 6.08. The number of nitrogens with one attached hydrogen (secondary N) is 1. The van der Waals surface area contributed by atoms with Crippen LogP contribution >= 0.6 is 11.8 Å². The highest BCUT2D eigenvalue weighted by Crippen LogP contribution is 2.42. The molecule has 0 radical (unpaired) electrons. The number of pyridine rings is 1. The standard InChI is InChI=1S/C21H19N5OS/c1-13(19(27)17-12-23-18-5-3-2-4-16(17)18)28-21-25-24-20(26(21)15-6-7-15)14-8-10-22-11-9-14/h2-5,8-13,15,23H,6-7H2,1H3/t13-/m0/s1. The molecule has 1 aliphatic rings. The van der Waals surface area contributed by atoms with E-state index in [-0.39, 0.29) is 11.0 Å². The quantitative estimate of drug-likeness (QED) is 0.388. The maximum Gasteiger partial charge on any atom is 0.192 e. The number of carbonyl (C=O) groups is 1. The molecular formula is C21H19N5OS. The van der Waals surface area contributed by atoms with E-state index in [1.807, 2.05) is 43.3 Å². The summed E-state index contributed by atoms with van der Waals surface area (Å²) in [5.74, 6) is 0.942. The van der Waals surface area contributed by atoms with E-state index < -0.39 is 0 Å². The largest absolute Gasteiger partial charge is 0.360 e. The second-order valence-corrected chi connectivity index (χ2v) is 8.32. The normalized spacial score (nSPS) is 15.0. The van der Waals surface area contributed by atoms with Gasteiger partial charge in [-0.2, -0.15) is 0 Å². The molecule has 1 fully saturated rings. The Morgan fingerprint density at radius 3 is 2.75 bits per heavy atom. The van der Waals surface area contributed by atoms with E-state index in [1.165, 1.54) is 11.8 Å². The summed E-state index contributed by atoms with van der Waals surface area (Å²) in [6, 6.07) is 12.2. The van der Waals surface area contributed by atoms with E-state index in [0.717, 1.165) is 45.9 Å². The maximum atomic E-state index is 13.1. The molecule has 1 atom stereocenters. The molecule has 1 aromatic carbocycles. The fraction of sp³-hybridized carbons (Fsp3) is 0.238. The molecule has 6 nitrogen and oxygen atoms in total. The van der Waals surface area contributed by atoms with Crippen LogP contribution in [0.5, 0.6) is 0 Å². The molecule has 5 rings (SSSR count). The number of hydrogen-bond donors (Lipinski definition) is 1. The topological polar surface area (TPSA) is 76.5 Å². The fourth-order valence-electron chi connectivity index (χ4n) is 3.42. The molecule has 7 heteroatoms. The predicted molar refractivity (Wildman–Crippen MR) is 109 cm³/mol. The Labute approximate surface area is 166 Å². The van der Waals surface area contributed by atoms with E-state index >= 15 is 0 Å². The van der Waals surface area contributed by atoms with Gasteiger partial charge in [0.2, 0.25) is 0 Å². The lowest BCUT2D eigenvalue weighted by Gasteiger charge is -2.12. The molecule has 0 spiro atoms. The van der Waals surface area contributed by atoms with E-state index in [0.29, 0.717) is 6.04 Å². The van der Waals surface area contributed by atoms with E-state index in [1.54, 1.807) is 18.6 Å². The number of rotatable bonds is 6. The van der Waals surface area contributed by atoms with Crippen molar-refractivity contribution >= 4 is 28.4 Å². The van der Waals surface area contributed by atoms with Crippen LogP contribution in [0.25, 0.3) is 22.3 Å². The summed E-state index contributed by atoms with van der Waals surface area (Å²) in [5.41, 5.74) is 2.70. The number of H-pyrrole nitrogens is 1. The SMILES string of the molecule is C[C@H](Sc1nnc(-c2ccncc2)n1C1CC1)C(=O)c1c[nH]c2ccccc12. The molecule has 4 aromatic rings. The number of fused-ring (bicyclic) bond motifs is 1. The first-order valence-electron chi connectivity index (χ1n) is 9.34. The zero-order valence-electron chi connectivity index (χ0n) is 15.4. The molecule has 1 saturated carbocycles. The number of carbonyl (C=O) groups excluding carboxylic acids is 1. The van der Waals surface area contributed by atoms with Crippen LogP contribution in [0.1, 0.15) is 36.2 Å². The first kappa shape index (κ1) is 17.2. The second-order valence-electron chi connectivity index (χ2n) is 7.02. The lowest BCUT2D eigenvalue weighted by molar-refractivity contribution is 0.0995. The van der Waals surface area contributed by atoms with Crippen LogP contribution in [-0.4, -0.2) is 35.8 Å². The average Bonchev–Trinajstić information content (AvgIpc) is 3.34. The van der Waals surface area contributed by atoms with Crippen LogP contribution in [0, 0.1) is 0 Å². The Morgan fingerprint density at radius 2 is 1.96 bits per heavy atom. The molecule has 3 heterocycles. The Morgan fingerprint density at radius 1 is 1.18 bits per heavy atom. The number of para-hydroxylation sites is 1. The minimum atomic E-state index is -0.258. The van der Waals surface area contributed by atoms with Crippen LogP contribution in [0.3, 0.4) is 0 Å². The fourth-order valence-corrected chi connectivity index (χ4v) is 4.41. The van der Waals surface area contributed by atoms with Gasteiger partial charge in [0.15, 0.2) is 16.8 Å². The molecule has 1 N–H and O–H groups in total. The van der Waals surface area contributed by atoms with Gasteiger partial charge in [0.25, 0.3) is 0 Å². The Bertz CT molecular complexity index is 1150. The molecule has 0 aliphatic heterocycles. The van der Waals surface area contributed by atoms with Crippen molar-refractivity contribution in [2.75, 3.05) is 0 Å². The van der Waals surface area contributed by atoms with Crippen molar-refractivity contribution < 1.29 is 4.79 Å². The monoisotopic (exact) mass is 389 g/mol. The van der Waals surface area contributed by atoms with Crippen molar-refractivity contribution in [2.24, 2.45) is 0 Å². The number of ketones is 1. The van der Waals surface area contributed by atoms with Gasteiger partial charge in [0, 0.05) is 46.7 Å². The Balaban J connectivity index is 1.44. The lowest BCUT2D eigenvalue weighted by atomic mass is 10.1. The van der Waals surface area contributed by atoms with Crippen molar-refractivity contribution in [2.45, 2.75) is 36.2 Å². The summed E-state index contributed by atoms with van der Waals surface area (Å²) in [7, 11) is 0. The zero-order valence-corrected chi connectivity index (χ0v) is 16.2. The number of aromatic nitrogens is 5. The van der Waals surface area contributed by atoms with Gasteiger partial charge >= 0.3 is 0 Å². The molecule has 0 amide bonds. The average molecular weight is 389 g/mol. The minimum absolute atomic E-state index is 0.0956. The highest BCUT2D eigenvalue weighted by Gasteiger charge is 2.32. The second kappa shape index (κ2) is 6.91. The van der Waals surface area contributed by atoms with Gasteiger partial charge < -0.3 is 4.98 Å². The smallest absolute Gasteiger partial charge is 0.192 e. The van der Waals surface area contributed by atoms with Crippen molar-refractivity contribution in [1.29, 1.82) is 0 Å². The lowest BCUT2D eigenvalue weighted by Crippen LogP contribution is -2.14. The highest BCUT2D eigenvalue weighted by molar-refractivity contribution is 8.00. The Kier molecular flexibility index (Phi) is 4.24. The predicted octanol–water partition coefficient (Wildman–Crippen LogP) is 4.52. The van der Waals surface area contributed by atoms with Crippen LogP contribution < -0.4 is 0 Å². The van der Waals surface area contributed by atoms with E-state index in [2.05, 4.69) is 24.7 Å². The van der Waals surface area contributed by atoms with Gasteiger partial charge in [-0.25, -0.2) is 0 Å². The number of benzene rings is 1. The summed E-state index contributed by atoms with van der Waals surface area (Å²) < 4.78 is 2.18.